The summed E-state index contributed by atoms with van der Waals surface area (Å²) >= 11 is 0. The molecular weight excluding hydrogens is 314 g/mol. The van der Waals surface area contributed by atoms with Gasteiger partial charge in [-0.1, -0.05) is 13.8 Å². The van der Waals surface area contributed by atoms with E-state index in [0.717, 1.165) is 60.4 Å². The summed E-state index contributed by atoms with van der Waals surface area (Å²) < 4.78 is 7.37. The predicted octanol–water partition coefficient (Wildman–Crippen LogP) is 3.06. The van der Waals surface area contributed by atoms with Crippen molar-refractivity contribution in [1.82, 2.24) is 19.6 Å². The van der Waals surface area contributed by atoms with Crippen LogP contribution in [-0.4, -0.2) is 45.9 Å². The second-order valence-corrected chi connectivity index (χ2v) is 6.75. The van der Waals surface area contributed by atoms with Gasteiger partial charge in [0.25, 0.3) is 0 Å². The monoisotopic (exact) mass is 337 g/mol. The topological polar surface area (TPSA) is 55.5 Å². The molecule has 0 bridgehead atoms. The minimum Gasteiger partial charge on any atom is -0.378 e. The van der Waals surface area contributed by atoms with Gasteiger partial charge in [-0.3, -0.25) is 4.98 Å². The van der Waals surface area contributed by atoms with Gasteiger partial charge in [-0.2, -0.15) is 5.10 Å². The number of pyridine rings is 1. The molecule has 0 N–H and O–H groups in total. The molecule has 3 aromatic rings. The first-order valence-corrected chi connectivity index (χ1v) is 8.79. The minimum atomic E-state index is 0.306. The van der Waals surface area contributed by atoms with Crippen molar-refractivity contribution in [3.8, 4) is 11.4 Å². The molecule has 1 fully saturated rings. The number of hydrogen-bond donors (Lipinski definition) is 0. The maximum absolute atomic E-state index is 5.42. The van der Waals surface area contributed by atoms with E-state index in [9.17, 15) is 0 Å². The maximum Gasteiger partial charge on any atom is 0.154 e. The molecule has 1 saturated heterocycles. The van der Waals surface area contributed by atoms with Crippen molar-refractivity contribution in [3.05, 3.63) is 41.9 Å². The fourth-order valence-corrected chi connectivity index (χ4v) is 3.28. The Morgan fingerprint density at radius 3 is 2.56 bits per heavy atom. The zero-order valence-corrected chi connectivity index (χ0v) is 14.9. The van der Waals surface area contributed by atoms with Crippen LogP contribution in [0.25, 0.3) is 17.0 Å². The Hall–Kier alpha value is -2.47. The molecule has 6 heteroatoms. The minimum absolute atomic E-state index is 0.306. The highest BCUT2D eigenvalue weighted by Crippen LogP contribution is 2.29. The number of anilines is 1. The fraction of sp³-hybridized carbons (Fsp3) is 0.421. The number of imidazole rings is 1. The van der Waals surface area contributed by atoms with Crippen LogP contribution < -0.4 is 4.90 Å². The molecule has 0 saturated carbocycles. The number of hydrogen-bond acceptors (Lipinski definition) is 5. The van der Waals surface area contributed by atoms with Gasteiger partial charge in [-0.15, -0.1) is 0 Å². The van der Waals surface area contributed by atoms with Crippen LogP contribution in [0.15, 0.2) is 30.5 Å². The van der Waals surface area contributed by atoms with Gasteiger partial charge in [0.1, 0.15) is 5.69 Å². The van der Waals surface area contributed by atoms with Gasteiger partial charge in [-0.05, 0) is 37.1 Å². The van der Waals surface area contributed by atoms with Gasteiger partial charge in [0, 0.05) is 13.1 Å². The van der Waals surface area contributed by atoms with Crippen LogP contribution in [0.2, 0.25) is 0 Å². The Morgan fingerprint density at radius 1 is 1.08 bits per heavy atom. The molecule has 0 unspecified atom stereocenters. The average molecular weight is 337 g/mol. The lowest BCUT2D eigenvalue weighted by Gasteiger charge is -2.28. The van der Waals surface area contributed by atoms with Crippen molar-refractivity contribution in [2.45, 2.75) is 26.7 Å². The van der Waals surface area contributed by atoms with Gasteiger partial charge in [0.15, 0.2) is 5.65 Å². The quantitative estimate of drug-likeness (QED) is 0.735. The molecule has 130 valence electrons. The highest BCUT2D eigenvalue weighted by molar-refractivity contribution is 5.65. The summed E-state index contributed by atoms with van der Waals surface area (Å²) in [5.74, 6) is 0.306. The van der Waals surface area contributed by atoms with E-state index < -0.39 is 0 Å². The standard InChI is InChI=1S/C19H23N5O/c1-13(2)19-18(21-17-7-4-14(3)22-24(17)19)16-6-5-15(12-20-16)23-8-10-25-11-9-23/h4-7,12-13H,8-11H2,1-3H3. The SMILES string of the molecule is Cc1ccc2nc(-c3ccc(N4CCOCC4)cn3)c(C(C)C)n2n1. The Morgan fingerprint density at radius 2 is 1.88 bits per heavy atom. The maximum atomic E-state index is 5.42. The lowest BCUT2D eigenvalue weighted by atomic mass is 10.1. The zero-order valence-electron chi connectivity index (χ0n) is 14.9. The largest absolute Gasteiger partial charge is 0.378 e. The van der Waals surface area contributed by atoms with Gasteiger partial charge in [-0.25, -0.2) is 9.50 Å². The fourth-order valence-electron chi connectivity index (χ4n) is 3.28. The first-order valence-electron chi connectivity index (χ1n) is 8.79. The van der Waals surface area contributed by atoms with Gasteiger partial charge >= 0.3 is 0 Å². The van der Waals surface area contributed by atoms with Crippen LogP contribution in [0.4, 0.5) is 5.69 Å². The Balaban J connectivity index is 1.75. The predicted molar refractivity (Wildman–Crippen MR) is 98.1 cm³/mol. The number of nitrogens with zero attached hydrogens (tertiary/aromatic N) is 5. The van der Waals surface area contributed by atoms with Crippen LogP contribution in [0.5, 0.6) is 0 Å². The zero-order chi connectivity index (χ0) is 17.4. The van der Waals surface area contributed by atoms with Crippen molar-refractivity contribution >= 4 is 11.3 Å². The van der Waals surface area contributed by atoms with E-state index in [1.807, 2.05) is 29.8 Å². The number of rotatable bonds is 3. The summed E-state index contributed by atoms with van der Waals surface area (Å²) in [6.07, 6.45) is 1.94. The number of aromatic nitrogens is 4. The van der Waals surface area contributed by atoms with Crippen molar-refractivity contribution in [2.75, 3.05) is 31.2 Å². The second kappa shape index (κ2) is 6.44. The molecule has 1 aliphatic rings. The molecular formula is C19H23N5O. The van der Waals surface area contributed by atoms with Crippen LogP contribution in [0, 0.1) is 6.92 Å². The van der Waals surface area contributed by atoms with Crippen molar-refractivity contribution in [3.63, 3.8) is 0 Å². The van der Waals surface area contributed by atoms with Crippen LogP contribution in [0.3, 0.4) is 0 Å². The van der Waals surface area contributed by atoms with Gasteiger partial charge in [0.2, 0.25) is 0 Å². The normalized spacial score (nSPS) is 15.3. The first-order chi connectivity index (χ1) is 12.1. The lowest BCUT2D eigenvalue weighted by Crippen LogP contribution is -2.36. The Bertz CT molecular complexity index is 879. The second-order valence-electron chi connectivity index (χ2n) is 6.75. The molecule has 1 aliphatic heterocycles. The van der Waals surface area contributed by atoms with E-state index in [0.29, 0.717) is 5.92 Å². The molecule has 4 heterocycles. The van der Waals surface area contributed by atoms with Crippen LogP contribution in [-0.2, 0) is 4.74 Å². The third-order valence-electron chi connectivity index (χ3n) is 4.56. The van der Waals surface area contributed by atoms with Crippen LogP contribution in [0.1, 0.15) is 31.2 Å². The molecule has 0 aliphatic carbocycles. The lowest BCUT2D eigenvalue weighted by molar-refractivity contribution is 0.122. The summed E-state index contributed by atoms with van der Waals surface area (Å²) in [6, 6.07) is 8.19. The number of fused-ring (bicyclic) bond motifs is 1. The Labute approximate surface area is 147 Å². The third kappa shape index (κ3) is 2.98. The smallest absolute Gasteiger partial charge is 0.154 e. The third-order valence-corrected chi connectivity index (χ3v) is 4.56. The van der Waals surface area contributed by atoms with Crippen molar-refractivity contribution in [2.24, 2.45) is 0 Å². The molecule has 4 rings (SSSR count). The van der Waals surface area contributed by atoms with E-state index in [4.69, 9.17) is 14.7 Å². The van der Waals surface area contributed by atoms with Crippen LogP contribution >= 0.6 is 0 Å². The molecule has 0 spiro atoms. The average Bonchev–Trinajstić information content (AvgIpc) is 3.01. The molecule has 3 aromatic heterocycles. The summed E-state index contributed by atoms with van der Waals surface area (Å²) in [6.45, 7) is 9.70. The van der Waals surface area contributed by atoms with E-state index in [-0.39, 0.29) is 0 Å². The summed E-state index contributed by atoms with van der Waals surface area (Å²) in [4.78, 5) is 11.8. The number of ether oxygens (including phenoxy) is 1. The molecule has 0 amide bonds. The van der Waals surface area contributed by atoms with E-state index >= 15 is 0 Å². The first kappa shape index (κ1) is 16.0. The number of aryl methyl sites for hydroxylation is 1. The Kier molecular flexibility index (Phi) is 4.13. The van der Waals surface area contributed by atoms with Gasteiger partial charge < -0.3 is 9.64 Å². The number of morpholine rings is 1. The molecule has 0 radical (unpaired) electrons. The van der Waals surface area contributed by atoms with E-state index in [2.05, 4.69) is 36.0 Å². The van der Waals surface area contributed by atoms with Crippen molar-refractivity contribution < 1.29 is 4.74 Å². The molecule has 6 nitrogen and oxygen atoms in total. The molecule has 25 heavy (non-hydrogen) atoms. The highest BCUT2D eigenvalue weighted by Gasteiger charge is 2.19. The van der Waals surface area contributed by atoms with Crippen molar-refractivity contribution in [1.29, 1.82) is 0 Å². The van der Waals surface area contributed by atoms with E-state index in [1.165, 1.54) is 0 Å². The molecule has 0 atom stereocenters. The molecule has 0 aromatic carbocycles. The van der Waals surface area contributed by atoms with Gasteiger partial charge in [0.05, 0.1) is 42.2 Å². The summed E-state index contributed by atoms with van der Waals surface area (Å²) in [7, 11) is 0. The highest BCUT2D eigenvalue weighted by atomic mass is 16.5. The summed E-state index contributed by atoms with van der Waals surface area (Å²) in [5, 5.41) is 4.64. The van der Waals surface area contributed by atoms with E-state index in [1.54, 1.807) is 0 Å². The summed E-state index contributed by atoms with van der Waals surface area (Å²) in [5.41, 5.74) is 5.89.